The minimum atomic E-state index is 0.0979. The average Bonchev–Trinajstić information content (AvgIpc) is 2.45. The number of carbonyl (C=O) groups is 1. The molecule has 0 atom stereocenters. The first-order valence-electron chi connectivity index (χ1n) is 7.75. The van der Waals surface area contributed by atoms with Crippen molar-refractivity contribution in [3.8, 4) is 0 Å². The van der Waals surface area contributed by atoms with Crippen LogP contribution in [0.2, 0.25) is 0 Å². The lowest BCUT2D eigenvalue weighted by Gasteiger charge is -2.30. The molecule has 2 aromatic rings. The Morgan fingerprint density at radius 3 is 2.45 bits per heavy atom. The zero-order valence-electron chi connectivity index (χ0n) is 13.4. The number of hydrogen-bond acceptors (Lipinski definition) is 2. The molecule has 0 fully saturated rings. The van der Waals surface area contributed by atoms with E-state index in [0.29, 0.717) is 0 Å². The summed E-state index contributed by atoms with van der Waals surface area (Å²) in [6.45, 7) is 6.86. The summed E-state index contributed by atoms with van der Waals surface area (Å²) in [6, 6.07) is 9.99. The van der Waals surface area contributed by atoms with Crippen LogP contribution >= 0.6 is 0 Å². The molecule has 0 bridgehead atoms. The Bertz CT molecular complexity index is 726. The molecular weight excluding hydrogens is 272 g/mol. The van der Waals surface area contributed by atoms with Crippen LogP contribution in [0.25, 0.3) is 0 Å². The third-order valence-corrected chi connectivity index (χ3v) is 4.36. The van der Waals surface area contributed by atoms with E-state index >= 15 is 0 Å². The highest BCUT2D eigenvalue weighted by Crippen LogP contribution is 2.31. The molecule has 0 aromatic heterocycles. The van der Waals surface area contributed by atoms with E-state index in [4.69, 9.17) is 5.73 Å². The number of nitrogens with zero attached hydrogens (tertiary/aromatic N) is 1. The van der Waals surface area contributed by atoms with Crippen LogP contribution < -0.4 is 10.6 Å². The molecule has 1 aliphatic rings. The van der Waals surface area contributed by atoms with E-state index in [9.17, 15) is 4.79 Å². The first-order chi connectivity index (χ1) is 10.5. The van der Waals surface area contributed by atoms with Crippen LogP contribution in [0.15, 0.2) is 30.3 Å². The Balaban J connectivity index is 2.05. The van der Waals surface area contributed by atoms with E-state index < -0.39 is 0 Å². The van der Waals surface area contributed by atoms with Gasteiger partial charge in [0.1, 0.15) is 0 Å². The number of rotatable bonds is 1. The molecule has 3 nitrogen and oxygen atoms in total. The number of anilines is 2. The van der Waals surface area contributed by atoms with E-state index in [2.05, 4.69) is 19.1 Å². The molecule has 0 unspecified atom stereocenters. The van der Waals surface area contributed by atoms with Crippen LogP contribution in [0.4, 0.5) is 11.4 Å². The summed E-state index contributed by atoms with van der Waals surface area (Å²) >= 11 is 0. The van der Waals surface area contributed by atoms with Gasteiger partial charge in [-0.05, 0) is 68.5 Å². The number of benzene rings is 2. The van der Waals surface area contributed by atoms with Gasteiger partial charge in [-0.2, -0.15) is 0 Å². The molecule has 2 aromatic carbocycles. The lowest BCUT2D eigenvalue weighted by molar-refractivity contribution is 0.0984. The third-order valence-electron chi connectivity index (χ3n) is 4.36. The summed E-state index contributed by atoms with van der Waals surface area (Å²) in [5.74, 6) is 0.0979. The summed E-state index contributed by atoms with van der Waals surface area (Å²) in [4.78, 5) is 15.0. The Morgan fingerprint density at radius 1 is 1.09 bits per heavy atom. The minimum Gasteiger partial charge on any atom is -0.399 e. The van der Waals surface area contributed by atoms with Crippen molar-refractivity contribution in [3.05, 3.63) is 58.1 Å². The largest absolute Gasteiger partial charge is 0.399 e. The standard InChI is InChI=1S/C19H22N2O/c1-12-9-13(2)18(14(3)10-12)19(22)21-8-4-5-15-11-16(20)6-7-17(15)21/h6-7,9-11H,4-5,8,20H2,1-3H3. The number of aryl methyl sites for hydroxylation is 4. The van der Waals surface area contributed by atoms with Crippen molar-refractivity contribution in [2.24, 2.45) is 0 Å². The third kappa shape index (κ3) is 2.47. The van der Waals surface area contributed by atoms with Crippen LogP contribution in [0.1, 0.15) is 39.0 Å². The van der Waals surface area contributed by atoms with Gasteiger partial charge in [0.2, 0.25) is 0 Å². The number of fused-ring (bicyclic) bond motifs is 1. The molecular formula is C19H22N2O. The molecule has 0 spiro atoms. The minimum absolute atomic E-state index is 0.0979. The maximum Gasteiger partial charge on any atom is 0.258 e. The molecule has 1 amide bonds. The molecule has 1 heterocycles. The van der Waals surface area contributed by atoms with E-state index in [0.717, 1.165) is 47.5 Å². The Morgan fingerprint density at radius 2 is 1.77 bits per heavy atom. The van der Waals surface area contributed by atoms with Crippen LogP contribution in [-0.2, 0) is 6.42 Å². The predicted molar refractivity (Wildman–Crippen MR) is 91.5 cm³/mol. The van der Waals surface area contributed by atoms with E-state index in [1.165, 1.54) is 11.1 Å². The zero-order chi connectivity index (χ0) is 15.9. The average molecular weight is 294 g/mol. The molecule has 0 saturated carbocycles. The second kappa shape index (κ2) is 5.48. The van der Waals surface area contributed by atoms with Crippen LogP contribution in [0.3, 0.4) is 0 Å². The fraction of sp³-hybridized carbons (Fsp3) is 0.316. The van der Waals surface area contributed by atoms with Gasteiger partial charge < -0.3 is 10.6 Å². The van der Waals surface area contributed by atoms with Crippen molar-refractivity contribution in [1.82, 2.24) is 0 Å². The number of nitrogen functional groups attached to an aromatic ring is 1. The summed E-state index contributed by atoms with van der Waals surface area (Å²) in [6.07, 6.45) is 1.96. The van der Waals surface area contributed by atoms with Gasteiger partial charge in [-0.3, -0.25) is 4.79 Å². The number of hydrogen-bond donors (Lipinski definition) is 1. The Kier molecular flexibility index (Phi) is 3.65. The van der Waals surface area contributed by atoms with E-state index in [1.807, 2.05) is 36.9 Å². The summed E-state index contributed by atoms with van der Waals surface area (Å²) in [5.41, 5.74) is 12.9. The predicted octanol–water partition coefficient (Wildman–Crippen LogP) is 3.79. The van der Waals surface area contributed by atoms with Crippen molar-refractivity contribution in [1.29, 1.82) is 0 Å². The second-order valence-electron chi connectivity index (χ2n) is 6.22. The van der Waals surface area contributed by atoms with Gasteiger partial charge in [0.25, 0.3) is 5.91 Å². The number of amides is 1. The first-order valence-corrected chi connectivity index (χ1v) is 7.75. The monoisotopic (exact) mass is 294 g/mol. The fourth-order valence-electron chi connectivity index (χ4n) is 3.48. The SMILES string of the molecule is Cc1cc(C)c(C(=O)N2CCCc3cc(N)ccc32)c(C)c1. The smallest absolute Gasteiger partial charge is 0.258 e. The summed E-state index contributed by atoms with van der Waals surface area (Å²) in [7, 11) is 0. The highest BCUT2D eigenvalue weighted by molar-refractivity contribution is 6.08. The van der Waals surface area contributed by atoms with Gasteiger partial charge in [0.05, 0.1) is 0 Å². The molecule has 2 N–H and O–H groups in total. The number of carbonyl (C=O) groups excluding carboxylic acids is 1. The molecule has 0 aliphatic carbocycles. The van der Waals surface area contributed by atoms with Crippen molar-refractivity contribution in [2.45, 2.75) is 33.6 Å². The van der Waals surface area contributed by atoms with Crippen LogP contribution in [-0.4, -0.2) is 12.5 Å². The number of nitrogens with two attached hydrogens (primary N) is 1. The van der Waals surface area contributed by atoms with Gasteiger partial charge in [-0.15, -0.1) is 0 Å². The molecule has 22 heavy (non-hydrogen) atoms. The van der Waals surface area contributed by atoms with Crippen LogP contribution in [0, 0.1) is 20.8 Å². The molecule has 0 radical (unpaired) electrons. The highest BCUT2D eigenvalue weighted by atomic mass is 16.2. The van der Waals surface area contributed by atoms with Gasteiger partial charge in [0.15, 0.2) is 0 Å². The Labute approximate surface area is 131 Å². The quantitative estimate of drug-likeness (QED) is 0.813. The van der Waals surface area contributed by atoms with Crippen molar-refractivity contribution in [2.75, 3.05) is 17.2 Å². The van der Waals surface area contributed by atoms with E-state index in [-0.39, 0.29) is 5.91 Å². The molecule has 3 heteroatoms. The van der Waals surface area contributed by atoms with Crippen molar-refractivity contribution < 1.29 is 4.79 Å². The lowest BCUT2D eigenvalue weighted by Crippen LogP contribution is -2.36. The second-order valence-corrected chi connectivity index (χ2v) is 6.22. The zero-order valence-corrected chi connectivity index (χ0v) is 13.4. The molecule has 3 rings (SSSR count). The molecule has 114 valence electrons. The Hall–Kier alpha value is -2.29. The van der Waals surface area contributed by atoms with Gasteiger partial charge in [-0.1, -0.05) is 17.7 Å². The summed E-state index contributed by atoms with van der Waals surface area (Å²) < 4.78 is 0. The fourth-order valence-corrected chi connectivity index (χ4v) is 3.48. The van der Waals surface area contributed by atoms with Crippen molar-refractivity contribution in [3.63, 3.8) is 0 Å². The van der Waals surface area contributed by atoms with Crippen molar-refractivity contribution >= 4 is 17.3 Å². The normalized spacial score (nSPS) is 13.9. The lowest BCUT2D eigenvalue weighted by atomic mass is 9.96. The highest BCUT2D eigenvalue weighted by Gasteiger charge is 2.25. The maximum atomic E-state index is 13.1. The van der Waals surface area contributed by atoms with Gasteiger partial charge in [-0.25, -0.2) is 0 Å². The van der Waals surface area contributed by atoms with Crippen LogP contribution in [0.5, 0.6) is 0 Å². The summed E-state index contributed by atoms with van der Waals surface area (Å²) in [5, 5.41) is 0. The van der Waals surface area contributed by atoms with Gasteiger partial charge in [0, 0.05) is 23.5 Å². The first kappa shape index (κ1) is 14.6. The van der Waals surface area contributed by atoms with Gasteiger partial charge >= 0.3 is 0 Å². The topological polar surface area (TPSA) is 46.3 Å². The molecule has 0 saturated heterocycles. The maximum absolute atomic E-state index is 13.1. The van der Waals surface area contributed by atoms with E-state index in [1.54, 1.807) is 0 Å². The molecule has 1 aliphatic heterocycles.